The Morgan fingerprint density at radius 3 is 3.04 bits per heavy atom. The van der Waals surface area contributed by atoms with Gasteiger partial charge >= 0.3 is 0 Å². The quantitative estimate of drug-likeness (QED) is 0.744. The normalized spacial score (nSPS) is 19.5. The molecule has 6 nitrogen and oxygen atoms in total. The molecule has 7 heteroatoms. The number of guanidine groups is 1. The van der Waals surface area contributed by atoms with Crippen LogP contribution in [0.1, 0.15) is 0 Å². The maximum atomic E-state index is 14.0. The number of nitrogens with zero attached hydrogens (tertiary/aromatic N) is 4. The van der Waals surface area contributed by atoms with Crippen LogP contribution in [-0.2, 0) is 4.79 Å². The van der Waals surface area contributed by atoms with Crippen LogP contribution in [0.25, 0.3) is 0 Å². The first-order valence-electron chi connectivity index (χ1n) is 7.46. The molecule has 0 bridgehead atoms. The molecule has 0 N–H and O–H groups in total. The second-order valence-corrected chi connectivity index (χ2v) is 5.60. The first-order chi connectivity index (χ1) is 11.6. The fraction of sp³-hybridized carbons (Fsp3) is 0.176. The highest BCUT2D eigenvalue weighted by Crippen LogP contribution is 2.38. The van der Waals surface area contributed by atoms with E-state index in [1.54, 1.807) is 24.4 Å². The Balaban J connectivity index is 1.80. The summed E-state index contributed by atoms with van der Waals surface area (Å²) in [5, 5.41) is 0. The van der Waals surface area contributed by atoms with E-state index in [9.17, 15) is 9.18 Å². The van der Waals surface area contributed by atoms with Crippen LogP contribution < -0.4 is 14.5 Å². The molecule has 0 fully saturated rings. The number of carbonyl (C=O) groups is 1. The van der Waals surface area contributed by atoms with Crippen molar-refractivity contribution in [3.05, 3.63) is 54.8 Å². The summed E-state index contributed by atoms with van der Waals surface area (Å²) in [6.07, 6.45) is 4.25. The van der Waals surface area contributed by atoms with E-state index in [1.807, 2.05) is 18.0 Å². The molecule has 0 atom stereocenters. The predicted molar refractivity (Wildman–Crippen MR) is 89.4 cm³/mol. The Kier molecular flexibility index (Phi) is 3.16. The molecule has 24 heavy (non-hydrogen) atoms. The minimum Gasteiger partial charge on any atom is -0.485 e. The van der Waals surface area contributed by atoms with Crippen LogP contribution in [0.5, 0.6) is 5.75 Å². The topological polar surface area (TPSA) is 48.4 Å². The van der Waals surface area contributed by atoms with Gasteiger partial charge in [-0.2, -0.15) is 4.39 Å². The molecule has 4 rings (SSSR count). The van der Waals surface area contributed by atoms with Crippen LogP contribution in [0.4, 0.5) is 15.8 Å². The highest BCUT2D eigenvalue weighted by atomic mass is 19.1. The van der Waals surface area contributed by atoms with Gasteiger partial charge in [0.2, 0.25) is 11.9 Å². The fourth-order valence-corrected chi connectivity index (χ4v) is 2.81. The molecule has 0 radical (unpaired) electrons. The van der Waals surface area contributed by atoms with Crippen molar-refractivity contribution in [3.8, 4) is 5.75 Å². The average Bonchev–Trinajstić information content (AvgIpc) is 2.58. The lowest BCUT2D eigenvalue weighted by molar-refractivity contribution is -0.113. The van der Waals surface area contributed by atoms with Crippen molar-refractivity contribution in [2.24, 2.45) is 4.99 Å². The number of hydrogen-bond acceptors (Lipinski definition) is 5. The molecule has 0 saturated carbocycles. The van der Waals surface area contributed by atoms with Crippen molar-refractivity contribution in [1.29, 1.82) is 0 Å². The summed E-state index contributed by atoms with van der Waals surface area (Å²) in [4.78, 5) is 21.2. The summed E-state index contributed by atoms with van der Waals surface area (Å²) in [6.45, 7) is 4.76. The molecular formula is C17H15FN4O2. The van der Waals surface area contributed by atoms with Gasteiger partial charge in [-0.25, -0.2) is 9.89 Å². The number of rotatable bonds is 1. The molecule has 0 unspecified atom stereocenters. The third-order valence-corrected chi connectivity index (χ3v) is 4.13. The molecule has 0 aromatic heterocycles. The predicted octanol–water partition coefficient (Wildman–Crippen LogP) is 2.37. The number of likely N-dealkylation sites (N-methyl/N-ethyl adjacent to an activating group) is 1. The van der Waals surface area contributed by atoms with Crippen molar-refractivity contribution in [3.63, 3.8) is 0 Å². The number of aliphatic imine (C=N–C) groups is 1. The first kappa shape index (κ1) is 14.5. The van der Waals surface area contributed by atoms with E-state index < -0.39 is 11.9 Å². The fourth-order valence-electron chi connectivity index (χ4n) is 2.81. The second kappa shape index (κ2) is 5.23. The SMILES string of the molecule is C=C1COc2ccc(N3C(=O)C=C(F)N4C=CCN=C43)cc2N1C. The Labute approximate surface area is 138 Å². The maximum Gasteiger partial charge on any atom is 0.262 e. The Morgan fingerprint density at radius 1 is 1.38 bits per heavy atom. The van der Waals surface area contributed by atoms with E-state index in [2.05, 4.69) is 11.6 Å². The minimum absolute atomic E-state index is 0.251. The summed E-state index contributed by atoms with van der Waals surface area (Å²) >= 11 is 0. The molecule has 3 heterocycles. The minimum atomic E-state index is -0.641. The summed E-state index contributed by atoms with van der Waals surface area (Å²) in [5.41, 5.74) is 2.20. The van der Waals surface area contributed by atoms with Gasteiger partial charge < -0.3 is 9.64 Å². The third-order valence-electron chi connectivity index (χ3n) is 4.13. The van der Waals surface area contributed by atoms with Crippen LogP contribution in [-0.4, -0.2) is 37.0 Å². The lowest BCUT2D eigenvalue weighted by atomic mass is 10.2. The van der Waals surface area contributed by atoms with Gasteiger partial charge in [-0.3, -0.25) is 9.69 Å². The lowest BCUT2D eigenvalue weighted by Crippen LogP contribution is -2.49. The van der Waals surface area contributed by atoms with Crippen LogP contribution in [0.2, 0.25) is 0 Å². The van der Waals surface area contributed by atoms with Crippen molar-refractivity contribution >= 4 is 23.2 Å². The molecular weight excluding hydrogens is 311 g/mol. The largest absolute Gasteiger partial charge is 0.485 e. The van der Waals surface area contributed by atoms with Gasteiger partial charge in [0.25, 0.3) is 5.91 Å². The molecule has 0 saturated heterocycles. The number of ether oxygens (including phenoxy) is 1. The van der Waals surface area contributed by atoms with Crippen LogP contribution in [0.15, 0.2) is 59.8 Å². The molecule has 0 aliphatic carbocycles. The molecule has 3 aliphatic heterocycles. The third kappa shape index (κ3) is 2.09. The van der Waals surface area contributed by atoms with E-state index in [1.165, 1.54) is 9.80 Å². The number of halogens is 1. The van der Waals surface area contributed by atoms with Gasteiger partial charge in [0.05, 0.1) is 24.0 Å². The molecule has 3 aliphatic rings. The van der Waals surface area contributed by atoms with Crippen molar-refractivity contribution in [2.45, 2.75) is 0 Å². The van der Waals surface area contributed by atoms with Crippen molar-refractivity contribution in [1.82, 2.24) is 4.90 Å². The smallest absolute Gasteiger partial charge is 0.262 e. The molecule has 122 valence electrons. The Morgan fingerprint density at radius 2 is 2.21 bits per heavy atom. The van der Waals surface area contributed by atoms with E-state index in [-0.39, 0.29) is 5.96 Å². The highest BCUT2D eigenvalue weighted by Gasteiger charge is 2.33. The van der Waals surface area contributed by atoms with Gasteiger partial charge in [-0.15, -0.1) is 0 Å². The molecule has 0 spiro atoms. The van der Waals surface area contributed by atoms with Gasteiger partial charge in [0.15, 0.2) is 0 Å². The number of hydrogen-bond donors (Lipinski definition) is 0. The Hall–Kier alpha value is -3.09. The zero-order valence-electron chi connectivity index (χ0n) is 13.1. The van der Waals surface area contributed by atoms with Crippen molar-refractivity contribution in [2.75, 3.05) is 30.0 Å². The van der Waals surface area contributed by atoms with E-state index >= 15 is 0 Å². The second-order valence-electron chi connectivity index (χ2n) is 5.60. The van der Waals surface area contributed by atoms with Gasteiger partial charge in [-0.1, -0.05) is 6.58 Å². The molecule has 1 aromatic carbocycles. The van der Waals surface area contributed by atoms with E-state index in [0.29, 0.717) is 24.6 Å². The summed E-state index contributed by atoms with van der Waals surface area (Å²) in [5.74, 6) is -0.156. The maximum absolute atomic E-state index is 14.0. The highest BCUT2D eigenvalue weighted by molar-refractivity contribution is 6.22. The standard InChI is InChI=1S/C17H15FN4O2/c1-11-10-24-14-5-4-12(8-13(14)20(11)2)22-16(23)9-15(18)21-7-3-6-19-17(21)22/h3-5,7-9H,1,6,10H2,2H3. The molecule has 1 amide bonds. The van der Waals surface area contributed by atoms with Crippen LogP contribution in [0, 0.1) is 0 Å². The van der Waals surface area contributed by atoms with E-state index in [0.717, 1.165) is 17.5 Å². The molecule has 1 aromatic rings. The number of anilines is 2. The summed E-state index contributed by atoms with van der Waals surface area (Å²) in [6, 6.07) is 5.36. The number of amides is 1. The number of carbonyl (C=O) groups excluding carboxylic acids is 1. The lowest BCUT2D eigenvalue weighted by Gasteiger charge is -2.35. The first-order valence-corrected chi connectivity index (χ1v) is 7.46. The van der Waals surface area contributed by atoms with Crippen LogP contribution >= 0.6 is 0 Å². The van der Waals surface area contributed by atoms with Gasteiger partial charge in [-0.05, 0) is 24.3 Å². The van der Waals surface area contributed by atoms with E-state index in [4.69, 9.17) is 4.74 Å². The average molecular weight is 326 g/mol. The van der Waals surface area contributed by atoms with Crippen LogP contribution in [0.3, 0.4) is 0 Å². The van der Waals surface area contributed by atoms with Gasteiger partial charge in [0.1, 0.15) is 12.4 Å². The monoisotopic (exact) mass is 326 g/mol. The van der Waals surface area contributed by atoms with Gasteiger partial charge in [0, 0.05) is 18.9 Å². The summed E-state index contributed by atoms with van der Waals surface area (Å²) < 4.78 is 19.6. The summed E-state index contributed by atoms with van der Waals surface area (Å²) in [7, 11) is 1.89. The zero-order chi connectivity index (χ0) is 16.8. The number of benzene rings is 1. The number of fused-ring (bicyclic) bond motifs is 2. The van der Waals surface area contributed by atoms with Crippen molar-refractivity contribution < 1.29 is 13.9 Å². The Bertz CT molecular complexity index is 843. The zero-order valence-corrected chi connectivity index (χ0v) is 13.1.